The van der Waals surface area contributed by atoms with Crippen LogP contribution in [0.3, 0.4) is 0 Å². The number of aromatic nitrogens is 1. The molecule has 1 heterocycles. The van der Waals surface area contributed by atoms with Gasteiger partial charge in [-0.15, -0.1) is 0 Å². The van der Waals surface area contributed by atoms with Crippen LogP contribution in [-0.4, -0.2) is 18.1 Å². The molecule has 0 aliphatic heterocycles. The fourth-order valence-corrected chi connectivity index (χ4v) is 3.42. The second kappa shape index (κ2) is 5.23. The summed E-state index contributed by atoms with van der Waals surface area (Å²) in [5.41, 5.74) is 1.38. The van der Waals surface area contributed by atoms with Crippen LogP contribution >= 0.6 is 0 Å². The Morgan fingerprint density at radius 3 is 2.78 bits per heavy atom. The number of fused-ring (bicyclic) bond motifs is 2. The van der Waals surface area contributed by atoms with Crippen molar-refractivity contribution in [2.24, 2.45) is 17.8 Å². The highest BCUT2D eigenvalue weighted by Crippen LogP contribution is 2.42. The smallest absolute Gasteiger partial charge is 0.0270 e. The van der Waals surface area contributed by atoms with Crippen molar-refractivity contribution in [1.82, 2.24) is 10.3 Å². The Hall–Kier alpha value is -1.15. The number of hydrogen-bond donors (Lipinski definition) is 1. The number of pyridine rings is 1. The fourth-order valence-electron chi connectivity index (χ4n) is 3.42. The van der Waals surface area contributed by atoms with Crippen LogP contribution in [0.1, 0.15) is 31.2 Å². The Bertz CT molecular complexity index is 412. The molecule has 2 aliphatic carbocycles. The van der Waals surface area contributed by atoms with Crippen molar-refractivity contribution < 1.29 is 0 Å². The van der Waals surface area contributed by atoms with Gasteiger partial charge in [-0.2, -0.15) is 0 Å². The van der Waals surface area contributed by atoms with Crippen LogP contribution in [0.5, 0.6) is 0 Å². The van der Waals surface area contributed by atoms with Gasteiger partial charge in [-0.1, -0.05) is 19.1 Å². The number of nitrogens with zero attached hydrogens (tertiary/aromatic N) is 1. The van der Waals surface area contributed by atoms with Crippen LogP contribution in [-0.2, 0) is 0 Å². The van der Waals surface area contributed by atoms with Crippen LogP contribution in [0.4, 0.5) is 0 Å². The SMILES string of the molecule is C[C@@H](CNC[C@H]1C[C@H]2C=C[C@H]1C2)c1ccncc1. The third-order valence-electron chi connectivity index (χ3n) is 4.55. The third kappa shape index (κ3) is 2.49. The maximum Gasteiger partial charge on any atom is 0.0270 e. The van der Waals surface area contributed by atoms with Gasteiger partial charge >= 0.3 is 0 Å². The van der Waals surface area contributed by atoms with Crippen molar-refractivity contribution in [3.05, 3.63) is 42.2 Å². The van der Waals surface area contributed by atoms with Crippen molar-refractivity contribution in [2.45, 2.75) is 25.7 Å². The zero-order valence-corrected chi connectivity index (χ0v) is 11.0. The van der Waals surface area contributed by atoms with Crippen LogP contribution in [0.2, 0.25) is 0 Å². The first-order chi connectivity index (χ1) is 8.83. The standard InChI is InChI=1S/C16H22N2/c1-12(14-4-6-17-7-5-14)10-18-11-16-9-13-2-3-15(16)8-13/h2-7,12-13,15-16,18H,8-11H2,1H3/t12-,13-,15-,16+/m0/s1. The van der Waals surface area contributed by atoms with Gasteiger partial charge in [-0.3, -0.25) is 4.98 Å². The largest absolute Gasteiger partial charge is 0.316 e. The molecule has 0 spiro atoms. The maximum atomic E-state index is 4.07. The quantitative estimate of drug-likeness (QED) is 0.803. The molecular weight excluding hydrogens is 220 g/mol. The summed E-state index contributed by atoms with van der Waals surface area (Å²) in [6.45, 7) is 4.53. The summed E-state index contributed by atoms with van der Waals surface area (Å²) in [5, 5.41) is 3.66. The predicted octanol–water partition coefficient (Wildman–Crippen LogP) is 2.99. The molecule has 0 saturated heterocycles. The first-order valence-electron chi connectivity index (χ1n) is 7.12. The van der Waals surface area contributed by atoms with Crippen LogP contribution < -0.4 is 5.32 Å². The highest BCUT2D eigenvalue weighted by atomic mass is 14.9. The number of rotatable bonds is 5. The van der Waals surface area contributed by atoms with Gasteiger partial charge in [0.15, 0.2) is 0 Å². The van der Waals surface area contributed by atoms with Gasteiger partial charge in [0, 0.05) is 18.9 Å². The Morgan fingerprint density at radius 1 is 1.28 bits per heavy atom. The Balaban J connectivity index is 1.44. The highest BCUT2D eigenvalue weighted by molar-refractivity contribution is 5.15. The molecule has 1 saturated carbocycles. The molecule has 1 N–H and O–H groups in total. The predicted molar refractivity (Wildman–Crippen MR) is 74.4 cm³/mol. The Morgan fingerprint density at radius 2 is 2.11 bits per heavy atom. The number of hydrogen-bond acceptors (Lipinski definition) is 2. The zero-order chi connectivity index (χ0) is 12.4. The van der Waals surface area contributed by atoms with Crippen LogP contribution in [0.25, 0.3) is 0 Å². The van der Waals surface area contributed by atoms with E-state index in [1.165, 1.54) is 24.9 Å². The van der Waals surface area contributed by atoms with Crippen molar-refractivity contribution in [1.29, 1.82) is 0 Å². The summed E-state index contributed by atoms with van der Waals surface area (Å²) < 4.78 is 0. The van der Waals surface area contributed by atoms with Crippen molar-refractivity contribution >= 4 is 0 Å². The van der Waals surface area contributed by atoms with Gasteiger partial charge in [0.2, 0.25) is 0 Å². The summed E-state index contributed by atoms with van der Waals surface area (Å²) in [6.07, 6.45) is 11.4. The molecule has 0 aromatic carbocycles. The minimum absolute atomic E-state index is 0.571. The lowest BCUT2D eigenvalue weighted by Gasteiger charge is -2.20. The van der Waals surface area contributed by atoms with E-state index in [0.29, 0.717) is 5.92 Å². The van der Waals surface area contributed by atoms with Crippen molar-refractivity contribution in [2.75, 3.05) is 13.1 Å². The van der Waals surface area contributed by atoms with Gasteiger partial charge < -0.3 is 5.32 Å². The number of nitrogens with one attached hydrogen (secondary N) is 1. The van der Waals surface area contributed by atoms with Gasteiger partial charge in [0.1, 0.15) is 0 Å². The zero-order valence-electron chi connectivity index (χ0n) is 11.0. The van der Waals surface area contributed by atoms with Gasteiger partial charge in [-0.05, 0) is 60.8 Å². The van der Waals surface area contributed by atoms with E-state index in [4.69, 9.17) is 0 Å². The molecule has 2 nitrogen and oxygen atoms in total. The van der Waals surface area contributed by atoms with E-state index in [-0.39, 0.29) is 0 Å². The first kappa shape index (κ1) is 11.9. The van der Waals surface area contributed by atoms with E-state index in [0.717, 1.165) is 24.3 Å². The van der Waals surface area contributed by atoms with E-state index in [1.807, 2.05) is 12.4 Å². The normalized spacial score (nSPS) is 30.8. The summed E-state index contributed by atoms with van der Waals surface area (Å²) in [4.78, 5) is 4.07. The summed E-state index contributed by atoms with van der Waals surface area (Å²) in [5.74, 6) is 3.20. The summed E-state index contributed by atoms with van der Waals surface area (Å²) in [7, 11) is 0. The minimum atomic E-state index is 0.571. The fraction of sp³-hybridized carbons (Fsp3) is 0.562. The van der Waals surface area contributed by atoms with Gasteiger partial charge in [-0.25, -0.2) is 0 Å². The molecule has 1 aromatic rings. The molecule has 0 radical (unpaired) electrons. The summed E-state index contributed by atoms with van der Waals surface area (Å²) in [6, 6.07) is 4.24. The van der Waals surface area contributed by atoms with Crippen LogP contribution in [0.15, 0.2) is 36.7 Å². The Kier molecular flexibility index (Phi) is 3.46. The lowest BCUT2D eigenvalue weighted by Crippen LogP contribution is -2.28. The van der Waals surface area contributed by atoms with E-state index >= 15 is 0 Å². The van der Waals surface area contributed by atoms with Crippen molar-refractivity contribution in [3.8, 4) is 0 Å². The molecule has 1 fully saturated rings. The average molecular weight is 242 g/mol. The maximum absolute atomic E-state index is 4.07. The summed E-state index contributed by atoms with van der Waals surface area (Å²) >= 11 is 0. The molecule has 2 bridgehead atoms. The molecule has 96 valence electrons. The first-order valence-corrected chi connectivity index (χ1v) is 7.12. The molecule has 2 heteroatoms. The third-order valence-corrected chi connectivity index (χ3v) is 4.55. The average Bonchev–Trinajstić information content (AvgIpc) is 3.02. The van der Waals surface area contributed by atoms with Crippen LogP contribution in [0, 0.1) is 17.8 Å². The Labute approximate surface area is 110 Å². The lowest BCUT2D eigenvalue weighted by atomic mass is 9.93. The molecule has 4 atom stereocenters. The van der Waals surface area contributed by atoms with Gasteiger partial charge in [0.05, 0.1) is 0 Å². The highest BCUT2D eigenvalue weighted by Gasteiger charge is 2.34. The molecule has 2 aliphatic rings. The second-order valence-corrected chi connectivity index (χ2v) is 5.88. The topological polar surface area (TPSA) is 24.9 Å². The minimum Gasteiger partial charge on any atom is -0.316 e. The molecule has 1 aromatic heterocycles. The lowest BCUT2D eigenvalue weighted by molar-refractivity contribution is 0.409. The van der Waals surface area contributed by atoms with E-state index < -0.39 is 0 Å². The van der Waals surface area contributed by atoms with E-state index in [9.17, 15) is 0 Å². The molecule has 0 unspecified atom stereocenters. The van der Waals surface area contributed by atoms with E-state index in [1.54, 1.807) is 0 Å². The number of allylic oxidation sites excluding steroid dienone is 2. The van der Waals surface area contributed by atoms with Crippen molar-refractivity contribution in [3.63, 3.8) is 0 Å². The molecular formula is C16H22N2. The molecule has 3 rings (SSSR count). The van der Waals surface area contributed by atoms with E-state index in [2.05, 4.69) is 41.5 Å². The molecule has 0 amide bonds. The van der Waals surface area contributed by atoms with Gasteiger partial charge in [0.25, 0.3) is 0 Å². The molecule has 18 heavy (non-hydrogen) atoms. The monoisotopic (exact) mass is 242 g/mol. The second-order valence-electron chi connectivity index (χ2n) is 5.88.